The van der Waals surface area contributed by atoms with Gasteiger partial charge in [-0.05, 0) is 16.8 Å². The second kappa shape index (κ2) is 4.35. The maximum absolute atomic E-state index is 11.4. The van der Waals surface area contributed by atoms with Gasteiger partial charge >= 0.3 is 0 Å². The van der Waals surface area contributed by atoms with E-state index in [1.54, 1.807) is 0 Å². The molecule has 1 heterocycles. The van der Waals surface area contributed by atoms with Gasteiger partial charge in [0, 0.05) is 17.4 Å². The van der Waals surface area contributed by atoms with Crippen LogP contribution in [0.1, 0.15) is 33.4 Å². The molecule has 0 aliphatic rings. The van der Waals surface area contributed by atoms with Crippen molar-refractivity contribution in [3.05, 3.63) is 47.2 Å². The fourth-order valence-electron chi connectivity index (χ4n) is 2.48. The molecule has 0 atom stereocenters. The number of hydrogen-bond acceptors (Lipinski definition) is 3. The van der Waals surface area contributed by atoms with Crippen molar-refractivity contribution >= 4 is 34.3 Å². The van der Waals surface area contributed by atoms with Crippen molar-refractivity contribution in [2.75, 3.05) is 0 Å². The quantitative estimate of drug-likeness (QED) is 0.666. The van der Waals surface area contributed by atoms with Crippen molar-refractivity contribution in [3.63, 3.8) is 0 Å². The molecule has 0 radical (unpaired) electrons. The first kappa shape index (κ1) is 11.7. The minimum atomic E-state index is 0.507. The summed E-state index contributed by atoms with van der Waals surface area (Å²) in [6, 6.07) is 9.23. The van der Waals surface area contributed by atoms with Crippen molar-refractivity contribution in [3.8, 4) is 0 Å². The molecule has 0 saturated carbocycles. The predicted molar refractivity (Wildman–Crippen MR) is 73.9 cm³/mol. The van der Waals surface area contributed by atoms with Crippen LogP contribution in [0.15, 0.2) is 34.7 Å². The zero-order valence-corrected chi connectivity index (χ0v) is 10.5. The zero-order valence-electron chi connectivity index (χ0n) is 10.5. The fraction of sp³-hybridized carbons (Fsp3) is 0.125. The van der Waals surface area contributed by atoms with E-state index >= 15 is 0 Å². The molecule has 19 heavy (non-hydrogen) atoms. The fourth-order valence-corrected chi connectivity index (χ4v) is 2.48. The van der Waals surface area contributed by atoms with E-state index in [4.69, 9.17) is 4.42 Å². The van der Waals surface area contributed by atoms with Crippen molar-refractivity contribution in [1.29, 1.82) is 0 Å². The van der Waals surface area contributed by atoms with Crippen LogP contribution in [0.25, 0.3) is 21.7 Å². The summed E-state index contributed by atoms with van der Waals surface area (Å²) in [5.41, 5.74) is 1.60. The standard InChI is InChI=1S/C16H12O3/c1-2-10-7-13-14(8-17)11-5-3-4-6-12(11)15(9-18)16(13)19-10/h3-9H,2H2,1H3. The number of fused-ring (bicyclic) bond motifs is 2. The van der Waals surface area contributed by atoms with Crippen LogP contribution in [0.2, 0.25) is 0 Å². The summed E-state index contributed by atoms with van der Waals surface area (Å²) in [7, 11) is 0. The molecule has 0 spiro atoms. The number of aryl methyl sites for hydroxylation is 1. The zero-order chi connectivity index (χ0) is 13.4. The summed E-state index contributed by atoms with van der Waals surface area (Å²) < 4.78 is 5.70. The van der Waals surface area contributed by atoms with Crippen LogP contribution in [-0.2, 0) is 6.42 Å². The summed E-state index contributed by atoms with van der Waals surface area (Å²) in [6.45, 7) is 1.97. The SMILES string of the molecule is CCc1cc2c(C=O)c3ccccc3c(C=O)c2o1. The van der Waals surface area contributed by atoms with E-state index in [0.717, 1.165) is 35.5 Å². The minimum absolute atomic E-state index is 0.507. The van der Waals surface area contributed by atoms with Crippen molar-refractivity contribution in [2.24, 2.45) is 0 Å². The van der Waals surface area contributed by atoms with Crippen LogP contribution < -0.4 is 0 Å². The summed E-state index contributed by atoms with van der Waals surface area (Å²) in [6.07, 6.45) is 2.35. The third-order valence-corrected chi connectivity index (χ3v) is 3.41. The molecule has 0 N–H and O–H groups in total. The molecule has 0 aliphatic carbocycles. The van der Waals surface area contributed by atoms with Gasteiger partial charge in [-0.3, -0.25) is 9.59 Å². The first-order valence-corrected chi connectivity index (χ1v) is 6.17. The van der Waals surface area contributed by atoms with Crippen LogP contribution in [0.3, 0.4) is 0 Å². The van der Waals surface area contributed by atoms with Gasteiger partial charge in [0.15, 0.2) is 12.6 Å². The number of carbonyl (C=O) groups excluding carboxylic acids is 2. The number of furan rings is 1. The van der Waals surface area contributed by atoms with Crippen LogP contribution >= 0.6 is 0 Å². The number of benzene rings is 2. The Kier molecular flexibility index (Phi) is 2.67. The van der Waals surface area contributed by atoms with Crippen LogP contribution in [-0.4, -0.2) is 12.6 Å². The molecule has 1 aromatic heterocycles. The topological polar surface area (TPSA) is 47.3 Å². The molecular formula is C16H12O3. The van der Waals surface area contributed by atoms with Gasteiger partial charge in [0.1, 0.15) is 11.3 Å². The van der Waals surface area contributed by atoms with Gasteiger partial charge in [0.2, 0.25) is 0 Å². The Hall–Kier alpha value is -2.42. The molecule has 0 unspecified atom stereocenters. The van der Waals surface area contributed by atoms with Gasteiger partial charge in [0.05, 0.1) is 5.56 Å². The number of hydrogen-bond donors (Lipinski definition) is 0. The van der Waals surface area contributed by atoms with E-state index in [-0.39, 0.29) is 0 Å². The highest BCUT2D eigenvalue weighted by Crippen LogP contribution is 2.33. The first-order chi connectivity index (χ1) is 9.30. The van der Waals surface area contributed by atoms with Gasteiger partial charge in [-0.1, -0.05) is 31.2 Å². The van der Waals surface area contributed by atoms with Crippen molar-refractivity contribution in [2.45, 2.75) is 13.3 Å². The normalized spacial score (nSPS) is 11.0. The predicted octanol–water partition coefficient (Wildman–Crippen LogP) is 3.77. The highest BCUT2D eigenvalue weighted by atomic mass is 16.3. The molecule has 0 saturated heterocycles. The molecule has 2 aromatic carbocycles. The van der Waals surface area contributed by atoms with E-state index < -0.39 is 0 Å². The molecule has 0 bridgehead atoms. The second-order valence-electron chi connectivity index (χ2n) is 4.42. The monoisotopic (exact) mass is 252 g/mol. The first-order valence-electron chi connectivity index (χ1n) is 6.17. The van der Waals surface area contributed by atoms with Gasteiger partial charge < -0.3 is 4.42 Å². The van der Waals surface area contributed by atoms with Crippen molar-refractivity contribution in [1.82, 2.24) is 0 Å². The molecule has 0 aliphatic heterocycles. The number of aldehydes is 2. The summed E-state index contributed by atoms with van der Waals surface area (Å²) in [5.74, 6) is 0.775. The third-order valence-electron chi connectivity index (χ3n) is 3.41. The number of carbonyl (C=O) groups is 2. The average Bonchev–Trinajstić information content (AvgIpc) is 2.88. The molecule has 3 heteroatoms. The van der Waals surface area contributed by atoms with Gasteiger partial charge in [-0.15, -0.1) is 0 Å². The Morgan fingerprint density at radius 1 is 1.00 bits per heavy atom. The summed E-state index contributed by atoms with van der Waals surface area (Å²) in [5, 5.41) is 2.26. The molecule has 3 rings (SSSR count). The van der Waals surface area contributed by atoms with Crippen molar-refractivity contribution < 1.29 is 14.0 Å². The van der Waals surface area contributed by atoms with Gasteiger partial charge in [0.25, 0.3) is 0 Å². The highest BCUT2D eigenvalue weighted by Gasteiger charge is 2.16. The molecule has 0 fully saturated rings. The second-order valence-corrected chi connectivity index (χ2v) is 4.42. The Bertz CT molecular complexity index is 732. The lowest BCUT2D eigenvalue weighted by Gasteiger charge is -2.05. The Labute approximate surface area is 109 Å². The number of rotatable bonds is 3. The Balaban J connectivity index is 2.61. The summed E-state index contributed by atoms with van der Waals surface area (Å²) >= 11 is 0. The largest absolute Gasteiger partial charge is 0.460 e. The van der Waals surface area contributed by atoms with Crippen LogP contribution in [0.4, 0.5) is 0 Å². The van der Waals surface area contributed by atoms with Gasteiger partial charge in [-0.25, -0.2) is 0 Å². The molecule has 3 nitrogen and oxygen atoms in total. The molecule has 94 valence electrons. The van der Waals surface area contributed by atoms with Gasteiger partial charge in [-0.2, -0.15) is 0 Å². The lowest BCUT2D eigenvalue weighted by molar-refractivity contribution is 0.111. The lowest BCUT2D eigenvalue weighted by Crippen LogP contribution is -1.91. The lowest BCUT2D eigenvalue weighted by atomic mass is 9.97. The maximum Gasteiger partial charge on any atom is 0.154 e. The van der Waals surface area contributed by atoms with E-state index in [0.29, 0.717) is 22.1 Å². The smallest absolute Gasteiger partial charge is 0.154 e. The minimum Gasteiger partial charge on any atom is -0.460 e. The Morgan fingerprint density at radius 3 is 2.21 bits per heavy atom. The van der Waals surface area contributed by atoms with Crippen LogP contribution in [0, 0.1) is 0 Å². The van der Waals surface area contributed by atoms with E-state index in [9.17, 15) is 9.59 Å². The molecule has 0 amide bonds. The molecular weight excluding hydrogens is 240 g/mol. The molecule has 3 aromatic rings. The van der Waals surface area contributed by atoms with E-state index in [1.807, 2.05) is 37.3 Å². The Morgan fingerprint density at radius 2 is 1.63 bits per heavy atom. The maximum atomic E-state index is 11.4. The summed E-state index contributed by atoms with van der Waals surface area (Å²) in [4.78, 5) is 22.8. The van der Waals surface area contributed by atoms with E-state index in [1.165, 1.54) is 0 Å². The van der Waals surface area contributed by atoms with Crippen LogP contribution in [0.5, 0.6) is 0 Å². The highest BCUT2D eigenvalue weighted by molar-refractivity contribution is 6.18. The van der Waals surface area contributed by atoms with E-state index in [2.05, 4.69) is 0 Å². The average molecular weight is 252 g/mol. The third kappa shape index (κ3) is 1.58.